The minimum absolute atomic E-state index is 0.0422. The number of halogens is 2. The molecule has 1 atom stereocenters. The lowest BCUT2D eigenvalue weighted by Crippen LogP contribution is -2.13. The van der Waals surface area contributed by atoms with E-state index in [0.717, 1.165) is 0 Å². The molecule has 0 fully saturated rings. The largest absolute Gasteiger partial charge is 0.383 e. The van der Waals surface area contributed by atoms with Crippen molar-refractivity contribution >= 4 is 17.4 Å². The van der Waals surface area contributed by atoms with Crippen molar-refractivity contribution in [1.29, 1.82) is 0 Å². The van der Waals surface area contributed by atoms with Gasteiger partial charge < -0.3 is 5.73 Å². The fourth-order valence-electron chi connectivity index (χ4n) is 1.77. The molecule has 2 aromatic rings. The van der Waals surface area contributed by atoms with Gasteiger partial charge in [0.15, 0.2) is 0 Å². The molecule has 0 spiro atoms. The normalized spacial score (nSPS) is 12.6. The Labute approximate surface area is 104 Å². The maximum atomic E-state index is 13.5. The third-order valence-corrected chi connectivity index (χ3v) is 2.97. The molecular formula is C12H13ClFN3. The lowest BCUT2D eigenvalue weighted by molar-refractivity contribution is 0.483. The van der Waals surface area contributed by atoms with Gasteiger partial charge in [-0.15, -0.1) is 0 Å². The van der Waals surface area contributed by atoms with Gasteiger partial charge in [0.05, 0.1) is 12.2 Å². The van der Waals surface area contributed by atoms with Crippen molar-refractivity contribution in [2.75, 3.05) is 5.73 Å². The maximum absolute atomic E-state index is 13.5. The van der Waals surface area contributed by atoms with E-state index in [2.05, 4.69) is 5.10 Å². The predicted molar refractivity (Wildman–Crippen MR) is 66.5 cm³/mol. The van der Waals surface area contributed by atoms with E-state index >= 15 is 0 Å². The minimum atomic E-state index is -0.212. The molecule has 0 saturated carbocycles. The van der Waals surface area contributed by atoms with Gasteiger partial charge in [0.1, 0.15) is 16.7 Å². The van der Waals surface area contributed by atoms with E-state index in [0.29, 0.717) is 22.8 Å². The zero-order valence-corrected chi connectivity index (χ0v) is 10.2. The molecule has 0 aliphatic carbocycles. The second-order valence-corrected chi connectivity index (χ2v) is 4.37. The first-order valence-electron chi connectivity index (χ1n) is 5.31. The smallest absolute Gasteiger partial charge is 0.140 e. The summed E-state index contributed by atoms with van der Waals surface area (Å²) in [6.45, 7) is 1.92. The van der Waals surface area contributed by atoms with E-state index in [1.54, 1.807) is 16.8 Å². The van der Waals surface area contributed by atoms with Crippen LogP contribution < -0.4 is 5.73 Å². The summed E-state index contributed by atoms with van der Waals surface area (Å²) in [4.78, 5) is 0. The van der Waals surface area contributed by atoms with Crippen molar-refractivity contribution in [1.82, 2.24) is 9.78 Å². The summed E-state index contributed by atoms with van der Waals surface area (Å²) >= 11 is 5.83. The van der Waals surface area contributed by atoms with Crippen LogP contribution in [-0.2, 0) is 6.42 Å². The molecule has 0 aliphatic rings. The van der Waals surface area contributed by atoms with Gasteiger partial charge in [-0.05, 0) is 25.0 Å². The molecule has 0 bridgehead atoms. The van der Waals surface area contributed by atoms with Crippen molar-refractivity contribution in [3.05, 3.63) is 46.9 Å². The number of rotatable bonds is 3. The SMILES string of the molecule is CC(Cc1ccccc1F)n1ncc(Cl)c1N. The number of nitrogens with zero attached hydrogens (tertiary/aromatic N) is 2. The first-order valence-corrected chi connectivity index (χ1v) is 5.69. The number of anilines is 1. The van der Waals surface area contributed by atoms with Crippen LogP contribution in [0.5, 0.6) is 0 Å². The van der Waals surface area contributed by atoms with E-state index < -0.39 is 0 Å². The average molecular weight is 254 g/mol. The number of nitrogen functional groups attached to an aromatic ring is 1. The molecule has 0 saturated heterocycles. The van der Waals surface area contributed by atoms with Gasteiger partial charge in [-0.2, -0.15) is 5.10 Å². The van der Waals surface area contributed by atoms with Gasteiger partial charge in [-0.1, -0.05) is 29.8 Å². The van der Waals surface area contributed by atoms with Crippen LogP contribution in [-0.4, -0.2) is 9.78 Å². The molecule has 5 heteroatoms. The number of benzene rings is 1. The lowest BCUT2D eigenvalue weighted by atomic mass is 10.1. The van der Waals surface area contributed by atoms with Crippen molar-refractivity contribution in [2.24, 2.45) is 0 Å². The van der Waals surface area contributed by atoms with Crippen LogP contribution in [0, 0.1) is 5.82 Å². The van der Waals surface area contributed by atoms with Crippen LogP contribution >= 0.6 is 11.6 Å². The van der Waals surface area contributed by atoms with E-state index in [4.69, 9.17) is 17.3 Å². The number of hydrogen-bond acceptors (Lipinski definition) is 2. The van der Waals surface area contributed by atoms with Crippen LogP contribution in [0.3, 0.4) is 0 Å². The molecule has 2 rings (SSSR count). The Morgan fingerprint density at radius 3 is 2.76 bits per heavy atom. The number of aromatic nitrogens is 2. The van der Waals surface area contributed by atoms with Gasteiger partial charge >= 0.3 is 0 Å². The predicted octanol–water partition coefficient (Wildman–Crippen LogP) is 3.06. The molecule has 0 radical (unpaired) electrons. The second kappa shape index (κ2) is 4.75. The Kier molecular flexibility index (Phi) is 3.33. The first-order chi connectivity index (χ1) is 8.09. The standard InChI is InChI=1S/C12H13ClFN3/c1-8(17-12(15)10(13)7-16-17)6-9-4-2-3-5-11(9)14/h2-5,7-8H,6,15H2,1H3. The molecule has 3 nitrogen and oxygen atoms in total. The molecule has 1 aromatic carbocycles. The molecule has 0 amide bonds. The van der Waals surface area contributed by atoms with Crippen molar-refractivity contribution in [3.63, 3.8) is 0 Å². The molecule has 1 unspecified atom stereocenters. The van der Waals surface area contributed by atoms with E-state index in [1.807, 2.05) is 13.0 Å². The van der Waals surface area contributed by atoms with Crippen LogP contribution in [0.1, 0.15) is 18.5 Å². The van der Waals surface area contributed by atoms with E-state index in [-0.39, 0.29) is 11.9 Å². The Balaban J connectivity index is 2.20. The van der Waals surface area contributed by atoms with Crippen LogP contribution in [0.25, 0.3) is 0 Å². The summed E-state index contributed by atoms with van der Waals surface area (Å²) in [5.41, 5.74) is 6.41. The topological polar surface area (TPSA) is 43.8 Å². The highest BCUT2D eigenvalue weighted by molar-refractivity contribution is 6.32. The Hall–Kier alpha value is -1.55. The van der Waals surface area contributed by atoms with Gasteiger partial charge in [-0.25, -0.2) is 9.07 Å². The minimum Gasteiger partial charge on any atom is -0.383 e. The lowest BCUT2D eigenvalue weighted by Gasteiger charge is -2.14. The second-order valence-electron chi connectivity index (χ2n) is 3.97. The third kappa shape index (κ3) is 2.42. The van der Waals surface area contributed by atoms with Gasteiger partial charge in [0.2, 0.25) is 0 Å². The van der Waals surface area contributed by atoms with Gasteiger partial charge in [0, 0.05) is 0 Å². The fourth-order valence-corrected chi connectivity index (χ4v) is 1.90. The summed E-state index contributed by atoms with van der Waals surface area (Å²) in [6, 6.07) is 6.64. The monoisotopic (exact) mass is 253 g/mol. The maximum Gasteiger partial charge on any atom is 0.140 e. The number of hydrogen-bond donors (Lipinski definition) is 1. The van der Waals surface area contributed by atoms with Crippen molar-refractivity contribution in [2.45, 2.75) is 19.4 Å². The fraction of sp³-hybridized carbons (Fsp3) is 0.250. The summed E-state index contributed by atoms with van der Waals surface area (Å²) < 4.78 is 15.1. The van der Waals surface area contributed by atoms with Crippen LogP contribution in [0.4, 0.5) is 10.2 Å². The summed E-state index contributed by atoms with van der Waals surface area (Å²) in [5.74, 6) is 0.201. The molecule has 2 N–H and O–H groups in total. The molecule has 1 aromatic heterocycles. The molecule has 1 heterocycles. The first kappa shape index (κ1) is 11.9. The highest BCUT2D eigenvalue weighted by Crippen LogP contribution is 2.23. The Morgan fingerprint density at radius 1 is 1.47 bits per heavy atom. The average Bonchev–Trinajstić information content (AvgIpc) is 2.63. The van der Waals surface area contributed by atoms with Crippen molar-refractivity contribution < 1.29 is 4.39 Å². The summed E-state index contributed by atoms with van der Waals surface area (Å²) in [7, 11) is 0. The van der Waals surface area contributed by atoms with Crippen molar-refractivity contribution in [3.8, 4) is 0 Å². The van der Waals surface area contributed by atoms with E-state index in [9.17, 15) is 4.39 Å². The Bertz CT molecular complexity index is 524. The van der Waals surface area contributed by atoms with Crippen LogP contribution in [0.2, 0.25) is 5.02 Å². The highest BCUT2D eigenvalue weighted by atomic mass is 35.5. The molecule has 90 valence electrons. The number of nitrogens with two attached hydrogens (primary N) is 1. The van der Waals surface area contributed by atoms with Gasteiger partial charge in [0.25, 0.3) is 0 Å². The summed E-state index contributed by atoms with van der Waals surface area (Å²) in [5, 5.41) is 4.50. The molecule has 0 aliphatic heterocycles. The molecule has 17 heavy (non-hydrogen) atoms. The highest BCUT2D eigenvalue weighted by Gasteiger charge is 2.13. The van der Waals surface area contributed by atoms with E-state index in [1.165, 1.54) is 12.3 Å². The van der Waals surface area contributed by atoms with Crippen LogP contribution in [0.15, 0.2) is 30.5 Å². The zero-order valence-electron chi connectivity index (χ0n) is 9.40. The third-order valence-electron chi connectivity index (χ3n) is 2.68. The quantitative estimate of drug-likeness (QED) is 0.914. The zero-order chi connectivity index (χ0) is 12.4. The van der Waals surface area contributed by atoms with Gasteiger partial charge in [-0.3, -0.25) is 0 Å². The Morgan fingerprint density at radius 2 is 2.18 bits per heavy atom. The molecular weight excluding hydrogens is 241 g/mol. The summed E-state index contributed by atoms with van der Waals surface area (Å²) in [6.07, 6.45) is 2.02.